The third-order valence-corrected chi connectivity index (χ3v) is 5.48. The van der Waals surface area contributed by atoms with Gasteiger partial charge in [0.15, 0.2) is 0 Å². The number of benzene rings is 1. The molecule has 1 aromatic carbocycles. The van der Waals surface area contributed by atoms with Gasteiger partial charge in [-0.25, -0.2) is 9.97 Å². The number of rotatable bonds is 4. The molecule has 6 nitrogen and oxygen atoms in total. The van der Waals surface area contributed by atoms with Crippen LogP contribution >= 0.6 is 0 Å². The van der Waals surface area contributed by atoms with E-state index in [-0.39, 0.29) is 11.8 Å². The fourth-order valence-corrected chi connectivity index (χ4v) is 3.89. The van der Waals surface area contributed by atoms with E-state index in [0.29, 0.717) is 13.0 Å². The number of nitrogens with zero attached hydrogens (tertiary/aromatic N) is 3. The third kappa shape index (κ3) is 4.11. The molecule has 1 saturated heterocycles. The third-order valence-electron chi connectivity index (χ3n) is 5.48. The molecular formula is C21H26N4O2. The summed E-state index contributed by atoms with van der Waals surface area (Å²) in [5.74, 6) is 2.12. The molecule has 3 heterocycles. The highest BCUT2D eigenvalue weighted by molar-refractivity contribution is 5.79. The first-order valence-electron chi connectivity index (χ1n) is 9.69. The first kappa shape index (κ1) is 17.9. The van der Waals surface area contributed by atoms with Gasteiger partial charge in [-0.1, -0.05) is 12.1 Å². The maximum atomic E-state index is 12.8. The molecule has 0 bridgehead atoms. The summed E-state index contributed by atoms with van der Waals surface area (Å²) >= 11 is 0. The molecule has 1 atom stereocenters. The van der Waals surface area contributed by atoms with Crippen molar-refractivity contribution in [3.63, 3.8) is 0 Å². The van der Waals surface area contributed by atoms with Crippen LogP contribution in [0.4, 0.5) is 0 Å². The summed E-state index contributed by atoms with van der Waals surface area (Å²) < 4.78 is 5.18. The van der Waals surface area contributed by atoms with Crippen LogP contribution in [0.5, 0.6) is 5.75 Å². The van der Waals surface area contributed by atoms with Gasteiger partial charge in [0.05, 0.1) is 13.5 Å². The van der Waals surface area contributed by atoms with E-state index in [2.05, 4.69) is 10.3 Å². The average Bonchev–Trinajstić information content (AvgIpc) is 2.74. The van der Waals surface area contributed by atoms with Gasteiger partial charge in [0.2, 0.25) is 5.91 Å². The predicted molar refractivity (Wildman–Crippen MR) is 103 cm³/mol. The molecule has 2 aliphatic heterocycles. The van der Waals surface area contributed by atoms with Gasteiger partial charge in [0.1, 0.15) is 11.6 Å². The van der Waals surface area contributed by atoms with Crippen molar-refractivity contribution in [2.24, 2.45) is 0 Å². The molecule has 0 aliphatic carbocycles. The van der Waals surface area contributed by atoms with Gasteiger partial charge in [0.25, 0.3) is 0 Å². The molecule has 4 rings (SSSR count). The number of methoxy groups -OCH3 is 1. The van der Waals surface area contributed by atoms with E-state index in [1.807, 2.05) is 35.4 Å². The van der Waals surface area contributed by atoms with E-state index in [4.69, 9.17) is 9.72 Å². The zero-order chi connectivity index (χ0) is 18.6. The van der Waals surface area contributed by atoms with Gasteiger partial charge in [-0.05, 0) is 30.5 Å². The molecule has 27 heavy (non-hydrogen) atoms. The normalized spacial score (nSPS) is 19.4. The number of carbonyl (C=O) groups is 1. The Kier molecular flexibility index (Phi) is 5.34. The summed E-state index contributed by atoms with van der Waals surface area (Å²) in [6, 6.07) is 7.71. The molecule has 0 radical (unpaired) electrons. The summed E-state index contributed by atoms with van der Waals surface area (Å²) in [5.41, 5.74) is 3.38. The minimum atomic E-state index is 0.173. The molecular weight excluding hydrogens is 340 g/mol. The maximum Gasteiger partial charge on any atom is 0.227 e. The lowest BCUT2D eigenvalue weighted by molar-refractivity contribution is -0.131. The summed E-state index contributed by atoms with van der Waals surface area (Å²) in [5, 5.41) is 3.35. The minimum Gasteiger partial charge on any atom is -0.497 e. The fourth-order valence-electron chi connectivity index (χ4n) is 3.89. The van der Waals surface area contributed by atoms with Crippen LogP contribution in [0.1, 0.15) is 41.4 Å². The first-order chi connectivity index (χ1) is 13.2. The number of likely N-dealkylation sites (tertiary alicyclic amines) is 1. The van der Waals surface area contributed by atoms with E-state index < -0.39 is 0 Å². The monoisotopic (exact) mass is 366 g/mol. The van der Waals surface area contributed by atoms with Gasteiger partial charge >= 0.3 is 0 Å². The molecule has 1 aromatic heterocycles. The second kappa shape index (κ2) is 8.05. The standard InChI is InChI=1S/C21H26N4O2/c1-27-18-6-4-15(5-7-18)11-20(26)25-10-2-3-16(14-25)21-23-13-17-12-22-9-8-19(17)24-21/h4-7,13,16,22H,2-3,8-12,14H2,1H3/t16-/m1/s1. The largest absolute Gasteiger partial charge is 0.497 e. The Hall–Kier alpha value is -2.47. The summed E-state index contributed by atoms with van der Waals surface area (Å²) in [6.07, 6.45) is 5.39. The molecule has 0 spiro atoms. The topological polar surface area (TPSA) is 67.3 Å². The maximum absolute atomic E-state index is 12.8. The lowest BCUT2D eigenvalue weighted by atomic mass is 9.96. The van der Waals surface area contributed by atoms with Gasteiger partial charge in [0, 0.05) is 56.0 Å². The van der Waals surface area contributed by atoms with E-state index in [1.54, 1.807) is 7.11 Å². The highest BCUT2D eigenvalue weighted by Crippen LogP contribution is 2.26. The number of ether oxygens (including phenoxy) is 1. The Bertz CT molecular complexity index is 806. The van der Waals surface area contributed by atoms with Crippen LogP contribution in [0.25, 0.3) is 0 Å². The summed E-state index contributed by atoms with van der Waals surface area (Å²) in [6.45, 7) is 3.36. The van der Waals surface area contributed by atoms with Gasteiger partial charge < -0.3 is 15.0 Å². The summed E-state index contributed by atoms with van der Waals surface area (Å²) in [4.78, 5) is 24.2. The number of amides is 1. The molecule has 1 amide bonds. The Labute approximate surface area is 160 Å². The highest BCUT2D eigenvalue weighted by Gasteiger charge is 2.27. The van der Waals surface area contributed by atoms with Crippen molar-refractivity contribution >= 4 is 5.91 Å². The van der Waals surface area contributed by atoms with Crippen molar-refractivity contribution in [2.75, 3.05) is 26.7 Å². The van der Waals surface area contributed by atoms with Crippen LogP contribution in [0.15, 0.2) is 30.5 Å². The van der Waals surface area contributed by atoms with Crippen molar-refractivity contribution in [3.8, 4) is 5.75 Å². The van der Waals surface area contributed by atoms with Crippen LogP contribution < -0.4 is 10.1 Å². The molecule has 2 aliphatic rings. The number of piperidine rings is 1. The average molecular weight is 366 g/mol. The number of nitrogens with one attached hydrogen (secondary N) is 1. The van der Waals surface area contributed by atoms with Crippen LogP contribution in [0.2, 0.25) is 0 Å². The molecule has 1 N–H and O–H groups in total. The second-order valence-electron chi connectivity index (χ2n) is 7.33. The molecule has 0 saturated carbocycles. The lowest BCUT2D eigenvalue weighted by Crippen LogP contribution is -2.40. The quantitative estimate of drug-likeness (QED) is 0.897. The van der Waals surface area contributed by atoms with Crippen molar-refractivity contribution in [2.45, 2.75) is 38.1 Å². The molecule has 0 unspecified atom stereocenters. The van der Waals surface area contributed by atoms with Crippen LogP contribution in [-0.2, 0) is 24.2 Å². The highest BCUT2D eigenvalue weighted by atomic mass is 16.5. The molecule has 6 heteroatoms. The number of fused-ring (bicyclic) bond motifs is 1. The first-order valence-corrected chi connectivity index (χ1v) is 9.69. The number of hydrogen-bond donors (Lipinski definition) is 1. The van der Waals surface area contributed by atoms with E-state index in [0.717, 1.165) is 56.0 Å². The van der Waals surface area contributed by atoms with Crippen LogP contribution in [0.3, 0.4) is 0 Å². The minimum absolute atomic E-state index is 0.173. The lowest BCUT2D eigenvalue weighted by Gasteiger charge is -2.32. The Morgan fingerprint density at radius 2 is 2.19 bits per heavy atom. The Morgan fingerprint density at radius 1 is 1.33 bits per heavy atom. The smallest absolute Gasteiger partial charge is 0.227 e. The second-order valence-corrected chi connectivity index (χ2v) is 7.33. The zero-order valence-electron chi connectivity index (χ0n) is 15.8. The van der Waals surface area contributed by atoms with Crippen LogP contribution in [0, 0.1) is 0 Å². The van der Waals surface area contributed by atoms with Gasteiger partial charge in [-0.2, -0.15) is 0 Å². The number of aromatic nitrogens is 2. The Morgan fingerprint density at radius 3 is 3.00 bits per heavy atom. The van der Waals surface area contributed by atoms with Gasteiger partial charge in [-0.3, -0.25) is 4.79 Å². The summed E-state index contributed by atoms with van der Waals surface area (Å²) in [7, 11) is 1.65. The number of hydrogen-bond acceptors (Lipinski definition) is 5. The SMILES string of the molecule is COc1ccc(CC(=O)N2CCC[C@@H](c3ncc4c(n3)CCNC4)C2)cc1. The van der Waals surface area contributed by atoms with Crippen molar-refractivity contribution in [3.05, 3.63) is 53.1 Å². The van der Waals surface area contributed by atoms with E-state index >= 15 is 0 Å². The van der Waals surface area contributed by atoms with Crippen molar-refractivity contribution in [1.82, 2.24) is 20.2 Å². The number of carbonyl (C=O) groups excluding carboxylic acids is 1. The van der Waals surface area contributed by atoms with E-state index in [1.165, 1.54) is 11.3 Å². The molecule has 2 aromatic rings. The predicted octanol–water partition coefficient (Wildman–Crippen LogP) is 2.08. The van der Waals surface area contributed by atoms with Gasteiger partial charge in [-0.15, -0.1) is 0 Å². The van der Waals surface area contributed by atoms with Crippen molar-refractivity contribution < 1.29 is 9.53 Å². The van der Waals surface area contributed by atoms with Crippen molar-refractivity contribution in [1.29, 1.82) is 0 Å². The van der Waals surface area contributed by atoms with Crippen LogP contribution in [-0.4, -0.2) is 47.5 Å². The Balaban J connectivity index is 1.42. The fraction of sp³-hybridized carbons (Fsp3) is 0.476. The zero-order valence-corrected chi connectivity index (χ0v) is 15.8. The van der Waals surface area contributed by atoms with E-state index in [9.17, 15) is 4.79 Å². The molecule has 1 fully saturated rings. The molecule has 142 valence electrons.